The maximum absolute atomic E-state index is 11.7. The van der Waals surface area contributed by atoms with Crippen molar-refractivity contribution in [1.29, 1.82) is 0 Å². The summed E-state index contributed by atoms with van der Waals surface area (Å²) in [5.74, 6) is -0.169. The number of carbonyl (C=O) groups is 2. The molecule has 0 unspecified atom stereocenters. The lowest BCUT2D eigenvalue weighted by atomic mass is 10.2. The van der Waals surface area contributed by atoms with Gasteiger partial charge in [0, 0.05) is 31.6 Å². The highest BCUT2D eigenvalue weighted by molar-refractivity contribution is 6.30. The smallest absolute Gasteiger partial charge is 0.234 e. The van der Waals surface area contributed by atoms with E-state index in [2.05, 4.69) is 10.6 Å². The average Bonchev–Trinajstić information content (AvgIpc) is 2.34. The van der Waals surface area contributed by atoms with Crippen LogP contribution in [0.3, 0.4) is 0 Å². The topological polar surface area (TPSA) is 61.4 Å². The van der Waals surface area contributed by atoms with E-state index in [1.165, 1.54) is 6.92 Å². The third-order valence-corrected chi connectivity index (χ3v) is 2.81. The predicted molar refractivity (Wildman–Crippen MR) is 79.5 cm³/mol. The highest BCUT2D eigenvalue weighted by Crippen LogP contribution is 2.11. The lowest BCUT2D eigenvalue weighted by Gasteiger charge is -2.16. The molecule has 0 bridgehead atoms. The zero-order valence-corrected chi connectivity index (χ0v) is 12.5. The Balaban J connectivity index is 2.26. The standard InChI is InChI=1S/C14H20ClN3O2/c1-11(19)16-6-7-17-14(20)10-18(2)9-12-4-3-5-13(15)8-12/h3-5,8H,6-7,9-10H2,1-2H3,(H,16,19)(H,17,20). The van der Waals surface area contributed by atoms with Gasteiger partial charge in [0.25, 0.3) is 0 Å². The fourth-order valence-corrected chi connectivity index (χ4v) is 1.96. The number of likely N-dealkylation sites (N-methyl/N-ethyl adjacent to an activating group) is 1. The maximum atomic E-state index is 11.7. The summed E-state index contributed by atoms with van der Waals surface area (Å²) in [6.07, 6.45) is 0. The Morgan fingerprint density at radius 2 is 1.95 bits per heavy atom. The van der Waals surface area contributed by atoms with Crippen molar-refractivity contribution in [3.05, 3.63) is 34.9 Å². The molecule has 2 N–H and O–H groups in total. The molecule has 0 aliphatic rings. The minimum Gasteiger partial charge on any atom is -0.355 e. The van der Waals surface area contributed by atoms with Gasteiger partial charge in [0.05, 0.1) is 6.54 Å². The second-order valence-corrected chi connectivity index (χ2v) is 5.07. The number of carbonyl (C=O) groups excluding carboxylic acids is 2. The van der Waals surface area contributed by atoms with Crippen molar-refractivity contribution in [2.24, 2.45) is 0 Å². The van der Waals surface area contributed by atoms with Gasteiger partial charge < -0.3 is 10.6 Å². The largest absolute Gasteiger partial charge is 0.355 e. The van der Waals surface area contributed by atoms with Crippen LogP contribution in [0.25, 0.3) is 0 Å². The summed E-state index contributed by atoms with van der Waals surface area (Å²) < 4.78 is 0. The Kier molecular flexibility index (Phi) is 7.04. The van der Waals surface area contributed by atoms with E-state index in [9.17, 15) is 9.59 Å². The van der Waals surface area contributed by atoms with Gasteiger partial charge in [0.2, 0.25) is 11.8 Å². The fourth-order valence-electron chi connectivity index (χ4n) is 1.74. The van der Waals surface area contributed by atoms with Crippen molar-refractivity contribution >= 4 is 23.4 Å². The van der Waals surface area contributed by atoms with E-state index in [1.807, 2.05) is 36.2 Å². The molecule has 2 amide bonds. The van der Waals surface area contributed by atoms with Crippen molar-refractivity contribution < 1.29 is 9.59 Å². The molecule has 110 valence electrons. The van der Waals surface area contributed by atoms with Gasteiger partial charge in [-0.05, 0) is 24.7 Å². The molecule has 1 rings (SSSR count). The zero-order valence-electron chi connectivity index (χ0n) is 11.8. The van der Waals surface area contributed by atoms with Crippen LogP contribution in [0, 0.1) is 0 Å². The van der Waals surface area contributed by atoms with Gasteiger partial charge in [-0.1, -0.05) is 23.7 Å². The molecule has 0 heterocycles. The lowest BCUT2D eigenvalue weighted by molar-refractivity contribution is -0.122. The predicted octanol–water partition coefficient (Wildman–Crippen LogP) is 1.02. The monoisotopic (exact) mass is 297 g/mol. The Morgan fingerprint density at radius 1 is 1.25 bits per heavy atom. The second kappa shape index (κ2) is 8.55. The normalized spacial score (nSPS) is 10.4. The Labute approximate surface area is 124 Å². The lowest BCUT2D eigenvalue weighted by Crippen LogP contribution is -2.38. The summed E-state index contributed by atoms with van der Waals surface area (Å²) in [5, 5.41) is 6.05. The summed E-state index contributed by atoms with van der Waals surface area (Å²) in [4.78, 5) is 24.2. The molecule has 0 spiro atoms. The first-order chi connectivity index (χ1) is 9.47. The van der Waals surface area contributed by atoms with Crippen molar-refractivity contribution in [1.82, 2.24) is 15.5 Å². The third-order valence-electron chi connectivity index (χ3n) is 2.58. The van der Waals surface area contributed by atoms with Gasteiger partial charge in [0.1, 0.15) is 0 Å². The molecular formula is C14H20ClN3O2. The van der Waals surface area contributed by atoms with Gasteiger partial charge >= 0.3 is 0 Å². The minimum absolute atomic E-state index is 0.0696. The van der Waals surface area contributed by atoms with Crippen LogP contribution in [0.5, 0.6) is 0 Å². The first-order valence-corrected chi connectivity index (χ1v) is 6.79. The van der Waals surface area contributed by atoms with Crippen molar-refractivity contribution in [3.63, 3.8) is 0 Å². The SMILES string of the molecule is CC(=O)NCCNC(=O)CN(C)Cc1cccc(Cl)c1. The maximum Gasteiger partial charge on any atom is 0.234 e. The first kappa shape index (κ1) is 16.5. The van der Waals surface area contributed by atoms with Crippen LogP contribution in [-0.2, 0) is 16.1 Å². The number of benzene rings is 1. The summed E-state index contributed by atoms with van der Waals surface area (Å²) >= 11 is 5.91. The summed E-state index contributed by atoms with van der Waals surface area (Å²) in [6, 6.07) is 7.56. The molecule has 20 heavy (non-hydrogen) atoms. The van der Waals surface area contributed by atoms with Crippen LogP contribution < -0.4 is 10.6 Å². The molecule has 0 aromatic heterocycles. The van der Waals surface area contributed by atoms with E-state index in [0.29, 0.717) is 31.2 Å². The number of nitrogens with one attached hydrogen (secondary N) is 2. The molecule has 1 aromatic rings. The minimum atomic E-state index is -0.0997. The highest BCUT2D eigenvalue weighted by Gasteiger charge is 2.07. The van der Waals surface area contributed by atoms with Gasteiger partial charge in [0.15, 0.2) is 0 Å². The van der Waals surface area contributed by atoms with Gasteiger partial charge in [-0.3, -0.25) is 14.5 Å². The van der Waals surface area contributed by atoms with Crippen LogP contribution in [0.2, 0.25) is 5.02 Å². The molecule has 6 heteroatoms. The van der Waals surface area contributed by atoms with Gasteiger partial charge in [-0.2, -0.15) is 0 Å². The van der Waals surface area contributed by atoms with E-state index in [1.54, 1.807) is 0 Å². The third kappa shape index (κ3) is 7.11. The second-order valence-electron chi connectivity index (χ2n) is 4.64. The van der Waals surface area contributed by atoms with E-state index in [0.717, 1.165) is 5.56 Å². The number of hydrogen-bond acceptors (Lipinski definition) is 3. The molecule has 0 saturated carbocycles. The molecule has 5 nitrogen and oxygen atoms in total. The van der Waals surface area contributed by atoms with E-state index in [4.69, 9.17) is 11.6 Å². The molecule has 0 saturated heterocycles. The van der Waals surface area contributed by atoms with Crippen LogP contribution in [0.4, 0.5) is 0 Å². The average molecular weight is 298 g/mol. The van der Waals surface area contributed by atoms with Crippen LogP contribution in [0.1, 0.15) is 12.5 Å². The quantitative estimate of drug-likeness (QED) is 0.739. The summed E-state index contributed by atoms with van der Waals surface area (Å²) in [5.41, 5.74) is 1.06. The van der Waals surface area contributed by atoms with Crippen LogP contribution >= 0.6 is 11.6 Å². The molecule has 0 aliphatic heterocycles. The van der Waals surface area contributed by atoms with Crippen molar-refractivity contribution in [2.75, 3.05) is 26.7 Å². The molecule has 1 aromatic carbocycles. The molecule has 0 atom stereocenters. The summed E-state index contributed by atoms with van der Waals surface area (Å²) in [7, 11) is 1.87. The van der Waals surface area contributed by atoms with Gasteiger partial charge in [-0.15, -0.1) is 0 Å². The van der Waals surface area contributed by atoms with Crippen LogP contribution in [-0.4, -0.2) is 43.4 Å². The van der Waals surface area contributed by atoms with Gasteiger partial charge in [-0.25, -0.2) is 0 Å². The van der Waals surface area contributed by atoms with E-state index >= 15 is 0 Å². The number of rotatable bonds is 7. The number of amides is 2. The Morgan fingerprint density at radius 3 is 2.60 bits per heavy atom. The molecule has 0 aliphatic carbocycles. The van der Waals surface area contributed by atoms with Crippen LogP contribution in [0.15, 0.2) is 24.3 Å². The Bertz CT molecular complexity index is 465. The van der Waals surface area contributed by atoms with E-state index in [-0.39, 0.29) is 11.8 Å². The summed E-state index contributed by atoms with van der Waals surface area (Å²) in [6.45, 7) is 3.27. The first-order valence-electron chi connectivity index (χ1n) is 6.41. The molecule has 0 fully saturated rings. The zero-order chi connectivity index (χ0) is 15.0. The number of halogens is 1. The highest BCUT2D eigenvalue weighted by atomic mass is 35.5. The number of nitrogens with zero attached hydrogens (tertiary/aromatic N) is 1. The molecule has 0 radical (unpaired) electrons. The fraction of sp³-hybridized carbons (Fsp3) is 0.429. The van der Waals surface area contributed by atoms with E-state index < -0.39 is 0 Å². The van der Waals surface area contributed by atoms with Crippen molar-refractivity contribution in [3.8, 4) is 0 Å². The van der Waals surface area contributed by atoms with Crippen molar-refractivity contribution in [2.45, 2.75) is 13.5 Å². The molecular weight excluding hydrogens is 278 g/mol. The Hall–Kier alpha value is -1.59. The number of hydrogen-bond donors (Lipinski definition) is 2.